The van der Waals surface area contributed by atoms with Crippen LogP contribution in [-0.2, 0) is 16.4 Å². The molecule has 1 heterocycles. The predicted octanol–water partition coefficient (Wildman–Crippen LogP) is 0.548. The van der Waals surface area contributed by atoms with Gasteiger partial charge < -0.3 is 9.47 Å². The molecule has 0 aromatic heterocycles. The third kappa shape index (κ3) is 3.10. The smallest absolute Gasteiger partial charge is 0.209 e. The molecule has 1 N–H and O–H groups in total. The van der Waals surface area contributed by atoms with Gasteiger partial charge in [0.1, 0.15) is 18.1 Å². The Bertz CT molecular complexity index is 512. The van der Waals surface area contributed by atoms with Crippen LogP contribution in [0.3, 0.4) is 0 Å². The zero-order valence-corrected chi connectivity index (χ0v) is 10.6. The molecule has 5 nitrogen and oxygen atoms in total. The van der Waals surface area contributed by atoms with Crippen molar-refractivity contribution in [2.24, 2.45) is 0 Å². The van der Waals surface area contributed by atoms with Crippen LogP contribution in [0.5, 0.6) is 11.5 Å². The number of hydrogen-bond donors (Lipinski definition) is 1. The van der Waals surface area contributed by atoms with E-state index in [1.54, 1.807) is 7.11 Å². The number of fused-ring (bicyclic) bond motifs is 1. The van der Waals surface area contributed by atoms with E-state index >= 15 is 0 Å². The van der Waals surface area contributed by atoms with Gasteiger partial charge >= 0.3 is 0 Å². The number of methoxy groups -OCH3 is 1. The normalized spacial score (nSPS) is 19.3. The van der Waals surface area contributed by atoms with Crippen molar-refractivity contribution in [3.05, 3.63) is 23.8 Å². The molecule has 94 valence electrons. The summed E-state index contributed by atoms with van der Waals surface area (Å²) in [7, 11) is -1.61. The average Bonchev–Trinajstić information content (AvgIpc) is 2.26. The molecule has 0 bridgehead atoms. The number of benzene rings is 1. The zero-order chi connectivity index (χ0) is 12.5. The van der Waals surface area contributed by atoms with Crippen molar-refractivity contribution in [3.8, 4) is 11.5 Å². The molecule has 0 radical (unpaired) electrons. The fraction of sp³-hybridized carbons (Fsp3) is 0.455. The van der Waals surface area contributed by atoms with E-state index in [9.17, 15) is 8.42 Å². The highest BCUT2D eigenvalue weighted by Gasteiger charge is 2.22. The van der Waals surface area contributed by atoms with E-state index in [1.807, 2.05) is 18.2 Å². The van der Waals surface area contributed by atoms with Crippen molar-refractivity contribution in [2.75, 3.05) is 20.0 Å². The highest BCUT2D eigenvalue weighted by atomic mass is 32.2. The van der Waals surface area contributed by atoms with Gasteiger partial charge in [0, 0.05) is 0 Å². The van der Waals surface area contributed by atoms with Gasteiger partial charge in [0.2, 0.25) is 10.0 Å². The molecule has 0 saturated carbocycles. The maximum atomic E-state index is 11.1. The molecule has 1 atom stereocenters. The lowest BCUT2D eigenvalue weighted by molar-refractivity contribution is 0.253. The number of rotatable bonds is 3. The molecular formula is C11H15NO4S. The summed E-state index contributed by atoms with van der Waals surface area (Å²) in [6.45, 7) is 0.354. The molecule has 17 heavy (non-hydrogen) atoms. The van der Waals surface area contributed by atoms with Gasteiger partial charge in [-0.15, -0.1) is 0 Å². The molecule has 2 rings (SSSR count). The second-order valence-electron chi connectivity index (χ2n) is 4.08. The quantitative estimate of drug-likeness (QED) is 0.858. The zero-order valence-electron chi connectivity index (χ0n) is 9.76. The van der Waals surface area contributed by atoms with Crippen LogP contribution in [0.15, 0.2) is 18.2 Å². The molecular weight excluding hydrogens is 242 g/mol. The third-order valence-corrected chi connectivity index (χ3v) is 3.32. The first-order chi connectivity index (χ1) is 7.98. The molecule has 6 heteroatoms. The molecule has 0 spiro atoms. The summed E-state index contributed by atoms with van der Waals surface area (Å²) in [6.07, 6.45) is 1.76. The van der Waals surface area contributed by atoms with Gasteiger partial charge in [0.15, 0.2) is 0 Å². The van der Waals surface area contributed by atoms with Crippen LogP contribution in [0.2, 0.25) is 0 Å². The van der Waals surface area contributed by atoms with E-state index < -0.39 is 10.0 Å². The Kier molecular flexibility index (Phi) is 3.26. The first-order valence-corrected chi connectivity index (χ1v) is 7.14. The first kappa shape index (κ1) is 12.2. The highest BCUT2D eigenvalue weighted by Crippen LogP contribution is 2.28. The van der Waals surface area contributed by atoms with Gasteiger partial charge in [-0.25, -0.2) is 13.1 Å². The summed E-state index contributed by atoms with van der Waals surface area (Å²) in [5, 5.41) is 0. The number of nitrogens with one attached hydrogen (secondary N) is 1. The van der Waals surface area contributed by atoms with Crippen LogP contribution in [0.4, 0.5) is 0 Å². The van der Waals surface area contributed by atoms with Gasteiger partial charge in [-0.05, 0) is 30.2 Å². The summed E-state index contributed by atoms with van der Waals surface area (Å²) < 4.78 is 35.5. The molecule has 1 aliphatic rings. The SMILES string of the molecule is COc1ccc2c(c1)C[C@@H](NS(C)(=O)=O)CO2. The summed E-state index contributed by atoms with van der Waals surface area (Å²) in [5.41, 5.74) is 0.955. The molecule has 0 unspecified atom stereocenters. The Labute approximate surface area is 101 Å². The monoisotopic (exact) mass is 257 g/mol. The van der Waals surface area contributed by atoms with E-state index in [2.05, 4.69) is 4.72 Å². The van der Waals surface area contributed by atoms with Crippen LogP contribution in [0.1, 0.15) is 5.56 Å². The van der Waals surface area contributed by atoms with E-state index in [0.29, 0.717) is 13.0 Å². The minimum absolute atomic E-state index is 0.218. The lowest BCUT2D eigenvalue weighted by Crippen LogP contribution is -2.42. The molecule has 0 amide bonds. The van der Waals surface area contributed by atoms with Crippen LogP contribution >= 0.6 is 0 Å². The number of sulfonamides is 1. The Morgan fingerprint density at radius 1 is 1.47 bits per heavy atom. The van der Waals surface area contributed by atoms with E-state index in [-0.39, 0.29) is 6.04 Å². The van der Waals surface area contributed by atoms with Gasteiger partial charge in [0.25, 0.3) is 0 Å². The van der Waals surface area contributed by atoms with Gasteiger partial charge in [-0.3, -0.25) is 0 Å². The molecule has 0 aliphatic carbocycles. The van der Waals surface area contributed by atoms with E-state index in [1.165, 1.54) is 0 Å². The largest absolute Gasteiger partial charge is 0.497 e. The lowest BCUT2D eigenvalue weighted by atomic mass is 10.0. The Balaban J connectivity index is 2.17. The Morgan fingerprint density at radius 2 is 2.24 bits per heavy atom. The number of ether oxygens (including phenoxy) is 2. The van der Waals surface area contributed by atoms with Crippen molar-refractivity contribution in [1.82, 2.24) is 4.72 Å². The van der Waals surface area contributed by atoms with Gasteiger partial charge in [-0.1, -0.05) is 0 Å². The molecule has 0 fully saturated rings. The minimum Gasteiger partial charge on any atom is -0.497 e. The van der Waals surface area contributed by atoms with Crippen molar-refractivity contribution in [3.63, 3.8) is 0 Å². The summed E-state index contributed by atoms with van der Waals surface area (Å²) in [4.78, 5) is 0. The number of hydrogen-bond acceptors (Lipinski definition) is 4. The maximum Gasteiger partial charge on any atom is 0.209 e. The highest BCUT2D eigenvalue weighted by molar-refractivity contribution is 7.88. The predicted molar refractivity (Wildman–Crippen MR) is 64.0 cm³/mol. The van der Waals surface area contributed by atoms with E-state index in [4.69, 9.17) is 9.47 Å². The van der Waals surface area contributed by atoms with E-state index in [0.717, 1.165) is 23.3 Å². The van der Waals surface area contributed by atoms with Crippen molar-refractivity contribution < 1.29 is 17.9 Å². The summed E-state index contributed by atoms with van der Waals surface area (Å²) in [5.74, 6) is 1.53. The van der Waals surface area contributed by atoms with Crippen molar-refractivity contribution >= 4 is 10.0 Å². The van der Waals surface area contributed by atoms with Gasteiger partial charge in [0.05, 0.1) is 19.4 Å². The topological polar surface area (TPSA) is 64.6 Å². The Morgan fingerprint density at radius 3 is 2.88 bits per heavy atom. The van der Waals surface area contributed by atoms with Crippen LogP contribution in [0.25, 0.3) is 0 Å². The van der Waals surface area contributed by atoms with Crippen molar-refractivity contribution in [2.45, 2.75) is 12.5 Å². The van der Waals surface area contributed by atoms with Gasteiger partial charge in [-0.2, -0.15) is 0 Å². The fourth-order valence-electron chi connectivity index (χ4n) is 1.88. The second-order valence-corrected chi connectivity index (χ2v) is 5.86. The Hall–Kier alpha value is -1.27. The minimum atomic E-state index is -3.20. The van der Waals surface area contributed by atoms with Crippen LogP contribution in [0, 0.1) is 0 Å². The molecule has 1 aromatic carbocycles. The second kappa shape index (κ2) is 4.54. The maximum absolute atomic E-state index is 11.1. The fourth-order valence-corrected chi connectivity index (χ4v) is 2.63. The summed E-state index contributed by atoms with van der Waals surface area (Å²) in [6, 6.07) is 5.31. The lowest BCUT2D eigenvalue weighted by Gasteiger charge is -2.25. The standard InChI is InChI=1S/C11H15NO4S/c1-15-10-3-4-11-8(6-10)5-9(7-16-11)12-17(2,13)14/h3-4,6,9,12H,5,7H2,1-2H3/t9-/m1/s1. The van der Waals surface area contributed by atoms with Crippen molar-refractivity contribution in [1.29, 1.82) is 0 Å². The average molecular weight is 257 g/mol. The molecule has 1 aliphatic heterocycles. The molecule has 1 aromatic rings. The first-order valence-electron chi connectivity index (χ1n) is 5.25. The van der Waals surface area contributed by atoms with Crippen LogP contribution < -0.4 is 14.2 Å². The molecule has 0 saturated heterocycles. The third-order valence-electron chi connectivity index (χ3n) is 2.55. The summed E-state index contributed by atoms with van der Waals surface area (Å²) >= 11 is 0. The van der Waals surface area contributed by atoms with Crippen LogP contribution in [-0.4, -0.2) is 34.4 Å².